The average molecular weight is 380 g/mol. The maximum atomic E-state index is 12.9. The number of carboxylic acid groups (broad SMARTS) is 1. The van der Waals surface area contributed by atoms with E-state index in [9.17, 15) is 14.4 Å². The quantitative estimate of drug-likeness (QED) is 0.781. The molecule has 7 nitrogen and oxygen atoms in total. The Labute approximate surface area is 161 Å². The number of piperidine rings is 1. The molecule has 0 aromatic rings. The second kappa shape index (κ2) is 8.59. The molecule has 0 spiro atoms. The van der Waals surface area contributed by atoms with E-state index in [0.29, 0.717) is 32.1 Å². The molecule has 0 aromatic heterocycles. The van der Waals surface area contributed by atoms with Gasteiger partial charge in [0.25, 0.3) is 0 Å². The lowest BCUT2D eigenvalue weighted by Gasteiger charge is -2.37. The predicted molar refractivity (Wildman–Crippen MR) is 101 cm³/mol. The van der Waals surface area contributed by atoms with Crippen molar-refractivity contribution in [2.75, 3.05) is 33.2 Å². The molecule has 2 aliphatic heterocycles. The molecule has 0 radical (unpaired) electrons. The molecule has 2 heterocycles. The second-order valence-corrected chi connectivity index (χ2v) is 8.73. The van der Waals surface area contributed by atoms with Crippen LogP contribution in [0.15, 0.2) is 0 Å². The molecule has 0 aromatic carbocycles. The Bertz CT molecular complexity index is 566. The summed E-state index contributed by atoms with van der Waals surface area (Å²) >= 11 is 0. The topological polar surface area (TPSA) is 81.2 Å². The molecular weight excluding hydrogens is 346 g/mol. The Balaban J connectivity index is 1.49. The third-order valence-corrected chi connectivity index (χ3v) is 6.72. The van der Waals surface area contributed by atoms with Gasteiger partial charge in [-0.05, 0) is 51.5 Å². The molecule has 1 saturated carbocycles. The van der Waals surface area contributed by atoms with Gasteiger partial charge in [-0.1, -0.05) is 6.92 Å². The van der Waals surface area contributed by atoms with E-state index in [1.54, 1.807) is 0 Å². The fourth-order valence-corrected chi connectivity index (χ4v) is 4.93. The minimum Gasteiger partial charge on any atom is -0.480 e. The van der Waals surface area contributed by atoms with Crippen molar-refractivity contribution in [1.29, 1.82) is 0 Å². The van der Waals surface area contributed by atoms with Crippen LogP contribution in [-0.4, -0.2) is 82.9 Å². The highest BCUT2D eigenvalue weighted by Gasteiger charge is 2.40. The smallest absolute Gasteiger partial charge is 0.317 e. The Morgan fingerprint density at radius 1 is 1.11 bits per heavy atom. The molecule has 3 fully saturated rings. The largest absolute Gasteiger partial charge is 0.480 e. The molecule has 7 heteroatoms. The number of carbonyl (C=O) groups excluding carboxylic acids is 2. The summed E-state index contributed by atoms with van der Waals surface area (Å²) in [5.74, 6) is -0.0295. The highest BCUT2D eigenvalue weighted by atomic mass is 16.4. The van der Waals surface area contributed by atoms with Crippen molar-refractivity contribution in [1.82, 2.24) is 14.7 Å². The van der Waals surface area contributed by atoms with Crippen LogP contribution in [0, 0.1) is 11.8 Å². The molecule has 2 amide bonds. The molecule has 1 atom stereocenters. The lowest BCUT2D eigenvalue weighted by Crippen LogP contribution is -2.48. The van der Waals surface area contributed by atoms with E-state index in [-0.39, 0.29) is 30.3 Å². The maximum absolute atomic E-state index is 12.9. The first kappa shape index (κ1) is 20.1. The Morgan fingerprint density at radius 3 is 2.33 bits per heavy atom. The number of hydrogen-bond acceptors (Lipinski definition) is 4. The van der Waals surface area contributed by atoms with Gasteiger partial charge >= 0.3 is 5.97 Å². The molecule has 3 rings (SSSR count). The van der Waals surface area contributed by atoms with Crippen molar-refractivity contribution in [3.8, 4) is 0 Å². The molecule has 3 aliphatic rings. The molecule has 0 unspecified atom stereocenters. The molecule has 152 valence electrons. The first-order chi connectivity index (χ1) is 12.8. The van der Waals surface area contributed by atoms with Crippen LogP contribution in [0.3, 0.4) is 0 Å². The van der Waals surface area contributed by atoms with Crippen LogP contribution in [0.1, 0.15) is 51.9 Å². The summed E-state index contributed by atoms with van der Waals surface area (Å²) in [6.07, 6.45) is 6.41. The van der Waals surface area contributed by atoms with E-state index in [2.05, 4.69) is 6.92 Å². The highest BCUT2D eigenvalue weighted by molar-refractivity contribution is 5.89. The number of carboxylic acids is 1. The van der Waals surface area contributed by atoms with Crippen molar-refractivity contribution < 1.29 is 19.5 Å². The van der Waals surface area contributed by atoms with E-state index in [4.69, 9.17) is 5.11 Å². The summed E-state index contributed by atoms with van der Waals surface area (Å²) in [6, 6.07) is 0.526. The number of carbonyl (C=O) groups is 3. The van der Waals surface area contributed by atoms with Crippen LogP contribution in [0.25, 0.3) is 0 Å². The van der Waals surface area contributed by atoms with Crippen molar-refractivity contribution in [3.05, 3.63) is 0 Å². The fourth-order valence-electron chi connectivity index (χ4n) is 4.93. The number of rotatable bonds is 5. The number of amides is 2. The Hall–Kier alpha value is -1.63. The van der Waals surface area contributed by atoms with Crippen LogP contribution >= 0.6 is 0 Å². The van der Waals surface area contributed by atoms with Gasteiger partial charge in [0.15, 0.2) is 0 Å². The van der Waals surface area contributed by atoms with Gasteiger partial charge in [-0.2, -0.15) is 0 Å². The third kappa shape index (κ3) is 4.81. The molecule has 2 saturated heterocycles. The highest BCUT2D eigenvalue weighted by Crippen LogP contribution is 2.32. The zero-order valence-electron chi connectivity index (χ0n) is 16.6. The van der Waals surface area contributed by atoms with Crippen LogP contribution < -0.4 is 0 Å². The summed E-state index contributed by atoms with van der Waals surface area (Å²) in [6.45, 7) is 4.18. The molecule has 1 N–H and O–H groups in total. The van der Waals surface area contributed by atoms with E-state index < -0.39 is 5.97 Å². The Kier molecular flexibility index (Phi) is 6.40. The van der Waals surface area contributed by atoms with Crippen molar-refractivity contribution in [2.45, 2.75) is 64.0 Å². The van der Waals surface area contributed by atoms with Crippen LogP contribution in [0.2, 0.25) is 0 Å². The van der Waals surface area contributed by atoms with Gasteiger partial charge in [0.05, 0.1) is 12.5 Å². The summed E-state index contributed by atoms with van der Waals surface area (Å²) < 4.78 is 0. The van der Waals surface area contributed by atoms with Gasteiger partial charge in [0, 0.05) is 38.1 Å². The van der Waals surface area contributed by atoms with Crippen molar-refractivity contribution in [2.24, 2.45) is 11.8 Å². The molecule has 0 bridgehead atoms. The average Bonchev–Trinajstić information content (AvgIpc) is 3.03. The predicted octanol–water partition coefficient (Wildman–Crippen LogP) is 1.42. The number of likely N-dealkylation sites (N-methyl/N-ethyl adjacent to an activating group) is 1. The van der Waals surface area contributed by atoms with Crippen molar-refractivity contribution >= 4 is 17.8 Å². The zero-order valence-corrected chi connectivity index (χ0v) is 16.6. The number of hydrogen-bond donors (Lipinski definition) is 1. The second-order valence-electron chi connectivity index (χ2n) is 8.73. The van der Waals surface area contributed by atoms with Gasteiger partial charge in [0.2, 0.25) is 11.8 Å². The zero-order chi connectivity index (χ0) is 19.6. The summed E-state index contributed by atoms with van der Waals surface area (Å²) in [4.78, 5) is 42.0. The first-order valence-electron chi connectivity index (χ1n) is 10.4. The van der Waals surface area contributed by atoms with Gasteiger partial charge in [-0.25, -0.2) is 0 Å². The molecule has 27 heavy (non-hydrogen) atoms. The lowest BCUT2D eigenvalue weighted by atomic mass is 9.86. The van der Waals surface area contributed by atoms with Crippen LogP contribution in [0.5, 0.6) is 0 Å². The lowest BCUT2D eigenvalue weighted by molar-refractivity contribution is -0.140. The van der Waals surface area contributed by atoms with Gasteiger partial charge < -0.3 is 14.9 Å². The number of aliphatic carboxylic acids is 1. The SMILES string of the molecule is CC1CCC(N2C[C@H](C(=O)N3CCC(N(C)CC(=O)O)CC3)CC2=O)CC1. The van der Waals surface area contributed by atoms with E-state index in [1.165, 1.54) is 12.8 Å². The van der Waals surface area contributed by atoms with Gasteiger partial charge in [-0.15, -0.1) is 0 Å². The maximum Gasteiger partial charge on any atom is 0.317 e. The standard InChI is InChI=1S/C20H33N3O4/c1-14-3-5-17(6-4-14)23-12-15(11-18(23)24)20(27)22-9-7-16(8-10-22)21(2)13-19(25)26/h14-17H,3-13H2,1-2H3,(H,25,26)/t14?,15-,17?/m1/s1. The van der Waals surface area contributed by atoms with E-state index in [1.807, 2.05) is 21.7 Å². The summed E-state index contributed by atoms with van der Waals surface area (Å²) in [5, 5.41) is 8.93. The monoisotopic (exact) mass is 379 g/mol. The summed E-state index contributed by atoms with van der Waals surface area (Å²) in [5.41, 5.74) is 0. The number of nitrogens with zero attached hydrogens (tertiary/aromatic N) is 3. The van der Waals surface area contributed by atoms with Crippen LogP contribution in [-0.2, 0) is 14.4 Å². The van der Waals surface area contributed by atoms with Gasteiger partial charge in [0.1, 0.15) is 0 Å². The van der Waals surface area contributed by atoms with E-state index >= 15 is 0 Å². The normalized spacial score (nSPS) is 30.2. The van der Waals surface area contributed by atoms with E-state index in [0.717, 1.165) is 31.6 Å². The Morgan fingerprint density at radius 2 is 1.74 bits per heavy atom. The third-order valence-electron chi connectivity index (χ3n) is 6.72. The summed E-state index contributed by atoms with van der Waals surface area (Å²) in [7, 11) is 1.83. The van der Waals surface area contributed by atoms with Crippen molar-refractivity contribution in [3.63, 3.8) is 0 Å². The van der Waals surface area contributed by atoms with Crippen LogP contribution in [0.4, 0.5) is 0 Å². The number of likely N-dealkylation sites (tertiary alicyclic amines) is 2. The van der Waals surface area contributed by atoms with Gasteiger partial charge in [-0.3, -0.25) is 19.3 Å². The minimum absolute atomic E-state index is 0.0324. The molecular formula is C20H33N3O4. The fraction of sp³-hybridized carbons (Fsp3) is 0.850. The first-order valence-corrected chi connectivity index (χ1v) is 10.4. The molecule has 1 aliphatic carbocycles. The minimum atomic E-state index is -0.822.